The van der Waals surface area contributed by atoms with E-state index in [1.54, 1.807) is 19.2 Å². The third-order valence-electron chi connectivity index (χ3n) is 2.91. The normalized spacial score (nSPS) is 10.2. The smallest absolute Gasteiger partial charge is 0.305 e. The van der Waals surface area contributed by atoms with E-state index in [2.05, 4.69) is 17.6 Å². The van der Waals surface area contributed by atoms with Gasteiger partial charge in [-0.3, -0.25) is 14.9 Å². The van der Waals surface area contributed by atoms with E-state index in [1.165, 1.54) is 6.07 Å². The van der Waals surface area contributed by atoms with Crippen molar-refractivity contribution in [3.05, 3.63) is 33.9 Å². The average Bonchev–Trinajstić information content (AvgIpc) is 2.49. The number of hydrogen-bond donors (Lipinski definition) is 2. The lowest BCUT2D eigenvalue weighted by Gasteiger charge is -2.09. The number of nitrogens with zero attached hydrogens (tertiary/aromatic N) is 1. The van der Waals surface area contributed by atoms with Gasteiger partial charge in [0.15, 0.2) is 0 Å². The number of nitro benzene ring substituents is 1. The van der Waals surface area contributed by atoms with E-state index in [4.69, 9.17) is 4.74 Å². The number of amides is 1. The lowest BCUT2D eigenvalue weighted by Crippen LogP contribution is -2.28. The lowest BCUT2D eigenvalue weighted by atomic mass is 10.1. The molecule has 7 nitrogen and oxygen atoms in total. The van der Waals surface area contributed by atoms with Crippen LogP contribution in [0, 0.1) is 10.1 Å². The summed E-state index contributed by atoms with van der Waals surface area (Å²) < 4.78 is 5.32. The summed E-state index contributed by atoms with van der Waals surface area (Å²) in [6.07, 6.45) is 2.03. The summed E-state index contributed by atoms with van der Waals surface area (Å²) in [6, 6.07) is 4.60. The first-order valence-electron chi connectivity index (χ1n) is 6.92. The molecule has 2 N–H and O–H groups in total. The Labute approximate surface area is 123 Å². The minimum Gasteiger partial charge on any atom is -0.383 e. The first-order valence-corrected chi connectivity index (χ1v) is 6.92. The van der Waals surface area contributed by atoms with Crippen molar-refractivity contribution in [2.75, 3.05) is 32.1 Å². The quantitative estimate of drug-likeness (QED) is 0.414. The summed E-state index contributed by atoms with van der Waals surface area (Å²) in [6.45, 7) is 3.44. The van der Waals surface area contributed by atoms with Gasteiger partial charge in [0.2, 0.25) is 0 Å². The number of carbonyl (C=O) groups excluding carboxylic acids is 1. The molecule has 1 rings (SSSR count). The third kappa shape index (κ3) is 5.03. The first kappa shape index (κ1) is 16.9. The van der Waals surface area contributed by atoms with Gasteiger partial charge in [-0.25, -0.2) is 0 Å². The molecule has 0 aromatic heterocycles. The zero-order valence-corrected chi connectivity index (χ0v) is 12.3. The number of ether oxygens (including phenoxy) is 1. The SMILES string of the molecule is CCCCOCCNC(=O)c1cccc(NC)c1[N+](=O)[O-]. The highest BCUT2D eigenvalue weighted by Crippen LogP contribution is 2.27. The number of hydrogen-bond acceptors (Lipinski definition) is 5. The number of para-hydroxylation sites is 1. The summed E-state index contributed by atoms with van der Waals surface area (Å²) in [4.78, 5) is 22.6. The Kier molecular flexibility index (Phi) is 7.17. The second-order valence-corrected chi connectivity index (χ2v) is 4.43. The Morgan fingerprint density at radius 3 is 2.76 bits per heavy atom. The van der Waals surface area contributed by atoms with Crippen LogP contribution in [0.3, 0.4) is 0 Å². The van der Waals surface area contributed by atoms with E-state index in [0.29, 0.717) is 25.4 Å². The van der Waals surface area contributed by atoms with Crippen LogP contribution in [0.15, 0.2) is 18.2 Å². The fourth-order valence-electron chi connectivity index (χ4n) is 1.81. The van der Waals surface area contributed by atoms with Crippen molar-refractivity contribution >= 4 is 17.3 Å². The molecule has 0 saturated heterocycles. The molecule has 0 bridgehead atoms. The highest BCUT2D eigenvalue weighted by Gasteiger charge is 2.23. The van der Waals surface area contributed by atoms with Crippen LogP contribution in [0.5, 0.6) is 0 Å². The Morgan fingerprint density at radius 1 is 1.38 bits per heavy atom. The molecular weight excluding hydrogens is 274 g/mol. The molecule has 0 spiro atoms. The van der Waals surface area contributed by atoms with Crippen LogP contribution < -0.4 is 10.6 Å². The number of nitrogens with one attached hydrogen (secondary N) is 2. The molecule has 0 aliphatic heterocycles. The van der Waals surface area contributed by atoms with Crippen LogP contribution in [-0.4, -0.2) is 37.6 Å². The van der Waals surface area contributed by atoms with Crippen LogP contribution >= 0.6 is 0 Å². The van der Waals surface area contributed by atoms with Crippen LogP contribution in [0.2, 0.25) is 0 Å². The van der Waals surface area contributed by atoms with E-state index in [1.807, 2.05) is 0 Å². The second kappa shape index (κ2) is 8.91. The topological polar surface area (TPSA) is 93.5 Å². The van der Waals surface area contributed by atoms with Gasteiger partial charge in [-0.1, -0.05) is 19.4 Å². The molecular formula is C14H21N3O4. The maximum absolute atomic E-state index is 12.0. The molecule has 0 heterocycles. The first-order chi connectivity index (χ1) is 10.1. The zero-order chi connectivity index (χ0) is 15.7. The summed E-state index contributed by atoms with van der Waals surface area (Å²) in [5.41, 5.74) is 0.136. The predicted octanol–water partition coefficient (Wildman–Crippen LogP) is 2.18. The summed E-state index contributed by atoms with van der Waals surface area (Å²) in [5.74, 6) is -0.474. The van der Waals surface area contributed by atoms with E-state index in [0.717, 1.165) is 12.8 Å². The van der Waals surface area contributed by atoms with Crippen molar-refractivity contribution in [1.29, 1.82) is 0 Å². The Hall–Kier alpha value is -2.15. The molecule has 0 atom stereocenters. The van der Waals surface area contributed by atoms with Crippen LogP contribution in [0.1, 0.15) is 30.1 Å². The Bertz CT molecular complexity index is 491. The number of nitro groups is 1. The second-order valence-electron chi connectivity index (χ2n) is 4.43. The lowest BCUT2D eigenvalue weighted by molar-refractivity contribution is -0.384. The molecule has 7 heteroatoms. The average molecular weight is 295 g/mol. The van der Waals surface area contributed by atoms with Crippen molar-refractivity contribution in [2.24, 2.45) is 0 Å². The molecule has 1 amide bonds. The minimum atomic E-state index is -0.557. The van der Waals surface area contributed by atoms with Gasteiger partial charge in [0.25, 0.3) is 5.91 Å². The van der Waals surface area contributed by atoms with Crippen molar-refractivity contribution in [3.8, 4) is 0 Å². The summed E-state index contributed by atoms with van der Waals surface area (Å²) in [7, 11) is 1.57. The van der Waals surface area contributed by atoms with Gasteiger partial charge < -0.3 is 15.4 Å². The van der Waals surface area contributed by atoms with Crippen molar-refractivity contribution in [1.82, 2.24) is 5.32 Å². The standard InChI is InChI=1S/C14H21N3O4/c1-3-4-9-21-10-8-16-14(18)11-6-5-7-12(15-2)13(11)17(19)20/h5-7,15H,3-4,8-10H2,1-2H3,(H,16,18). The van der Waals surface area contributed by atoms with Gasteiger partial charge in [-0.05, 0) is 18.6 Å². The molecule has 0 unspecified atom stereocenters. The van der Waals surface area contributed by atoms with Crippen molar-refractivity contribution < 1.29 is 14.5 Å². The van der Waals surface area contributed by atoms with E-state index in [-0.39, 0.29) is 11.3 Å². The van der Waals surface area contributed by atoms with Crippen LogP contribution in [0.4, 0.5) is 11.4 Å². The van der Waals surface area contributed by atoms with E-state index >= 15 is 0 Å². The largest absolute Gasteiger partial charge is 0.383 e. The Morgan fingerprint density at radius 2 is 2.14 bits per heavy atom. The van der Waals surface area contributed by atoms with Gasteiger partial charge in [-0.15, -0.1) is 0 Å². The molecule has 21 heavy (non-hydrogen) atoms. The number of carbonyl (C=O) groups is 1. The molecule has 0 saturated carbocycles. The molecule has 0 aliphatic carbocycles. The fourth-order valence-corrected chi connectivity index (χ4v) is 1.81. The monoisotopic (exact) mass is 295 g/mol. The number of unbranched alkanes of at least 4 members (excludes halogenated alkanes) is 1. The Balaban J connectivity index is 2.64. The summed E-state index contributed by atoms with van der Waals surface area (Å²) >= 11 is 0. The highest BCUT2D eigenvalue weighted by atomic mass is 16.6. The molecule has 116 valence electrons. The fraction of sp³-hybridized carbons (Fsp3) is 0.500. The minimum absolute atomic E-state index is 0.0420. The third-order valence-corrected chi connectivity index (χ3v) is 2.91. The zero-order valence-electron chi connectivity index (χ0n) is 12.3. The molecule has 1 aromatic rings. The highest BCUT2D eigenvalue weighted by molar-refractivity contribution is 6.00. The van der Waals surface area contributed by atoms with Crippen molar-refractivity contribution in [2.45, 2.75) is 19.8 Å². The van der Waals surface area contributed by atoms with E-state index in [9.17, 15) is 14.9 Å². The summed E-state index contributed by atoms with van der Waals surface area (Å²) in [5, 5.41) is 16.5. The number of anilines is 1. The molecule has 0 radical (unpaired) electrons. The van der Waals surface area contributed by atoms with Gasteiger partial charge in [0.1, 0.15) is 11.3 Å². The maximum Gasteiger partial charge on any atom is 0.305 e. The maximum atomic E-state index is 12.0. The van der Waals surface area contributed by atoms with E-state index < -0.39 is 10.8 Å². The molecule has 0 aliphatic rings. The van der Waals surface area contributed by atoms with Gasteiger partial charge >= 0.3 is 5.69 Å². The molecule has 1 aromatic carbocycles. The van der Waals surface area contributed by atoms with Gasteiger partial charge in [-0.2, -0.15) is 0 Å². The van der Waals surface area contributed by atoms with Gasteiger partial charge in [0, 0.05) is 20.2 Å². The van der Waals surface area contributed by atoms with Crippen LogP contribution in [-0.2, 0) is 4.74 Å². The van der Waals surface area contributed by atoms with Crippen LogP contribution in [0.25, 0.3) is 0 Å². The molecule has 0 fully saturated rings. The number of rotatable bonds is 9. The number of benzene rings is 1. The predicted molar refractivity (Wildman–Crippen MR) is 80.7 cm³/mol. The van der Waals surface area contributed by atoms with Gasteiger partial charge in [0.05, 0.1) is 11.5 Å². The van der Waals surface area contributed by atoms with Crippen molar-refractivity contribution in [3.63, 3.8) is 0 Å².